The molecule has 1 fully saturated rings. The van der Waals surface area contributed by atoms with E-state index in [9.17, 15) is 0 Å². The van der Waals surface area contributed by atoms with Crippen LogP contribution < -0.4 is 0 Å². The lowest BCUT2D eigenvalue weighted by Gasteiger charge is -2.29. The zero-order valence-corrected chi connectivity index (χ0v) is 8.11. The van der Waals surface area contributed by atoms with E-state index in [0.29, 0.717) is 23.3 Å². The van der Waals surface area contributed by atoms with Gasteiger partial charge in [-0.05, 0) is 30.4 Å². The first-order valence-corrected chi connectivity index (χ1v) is 5.15. The average Bonchev–Trinajstić information content (AvgIpc) is 2.88. The molecule has 0 saturated heterocycles. The zero-order valence-electron chi connectivity index (χ0n) is 8.11. The maximum atomic E-state index is 8.94. The molecule has 4 unspecified atom stereocenters. The van der Waals surface area contributed by atoms with Crippen molar-refractivity contribution in [3.05, 3.63) is 24.3 Å². The number of fused-ring (bicyclic) bond motifs is 5. The molecule has 0 heterocycles. The summed E-state index contributed by atoms with van der Waals surface area (Å²) in [5.74, 6) is 1.27. The molecule has 0 aromatic carbocycles. The number of hydrogen-bond acceptors (Lipinski definition) is 4. The van der Waals surface area contributed by atoms with Gasteiger partial charge in [0.1, 0.15) is 0 Å². The molecule has 3 rings (SSSR count). The van der Waals surface area contributed by atoms with E-state index in [2.05, 4.69) is 22.5 Å². The summed E-state index contributed by atoms with van der Waals surface area (Å²) in [6.07, 6.45) is 8.93. The molecule has 2 N–H and O–H groups in total. The van der Waals surface area contributed by atoms with Gasteiger partial charge >= 0.3 is 0 Å². The van der Waals surface area contributed by atoms with Gasteiger partial charge in [-0.1, -0.05) is 22.5 Å². The average molecular weight is 204 g/mol. The molecule has 3 aliphatic rings. The highest BCUT2D eigenvalue weighted by atomic mass is 16.4. The van der Waals surface area contributed by atoms with Crippen LogP contribution in [0.15, 0.2) is 34.6 Å². The molecular formula is C11H12N2O2. The standard InChI is InChI=1S/C11H12N2O2/c14-12-8-3-4-9(13-15)11-7-2-1-6(5-7)10(8)11/h1-4,6-7,10-11,14-15H,5H2. The van der Waals surface area contributed by atoms with Crippen molar-refractivity contribution in [2.75, 3.05) is 0 Å². The van der Waals surface area contributed by atoms with Crippen molar-refractivity contribution in [2.24, 2.45) is 34.0 Å². The Morgan fingerprint density at radius 1 is 0.933 bits per heavy atom. The SMILES string of the molecule is ON=C1C=CC(=NO)C2C3C=CC(C3)C12. The van der Waals surface area contributed by atoms with Gasteiger partial charge in [0.15, 0.2) is 0 Å². The number of rotatable bonds is 0. The first-order valence-electron chi connectivity index (χ1n) is 5.15. The first kappa shape index (κ1) is 8.71. The first-order chi connectivity index (χ1) is 7.35. The second kappa shape index (κ2) is 2.95. The summed E-state index contributed by atoms with van der Waals surface area (Å²) in [4.78, 5) is 0. The molecule has 78 valence electrons. The van der Waals surface area contributed by atoms with Crippen molar-refractivity contribution in [3.63, 3.8) is 0 Å². The van der Waals surface area contributed by atoms with Crippen molar-refractivity contribution in [1.29, 1.82) is 0 Å². The normalized spacial score (nSPS) is 46.7. The molecule has 0 amide bonds. The van der Waals surface area contributed by atoms with Gasteiger partial charge in [-0.2, -0.15) is 0 Å². The van der Waals surface area contributed by atoms with E-state index in [1.54, 1.807) is 12.2 Å². The minimum absolute atomic E-state index is 0.195. The summed E-state index contributed by atoms with van der Waals surface area (Å²) in [6, 6.07) is 0. The van der Waals surface area contributed by atoms with Crippen molar-refractivity contribution >= 4 is 11.4 Å². The van der Waals surface area contributed by atoms with E-state index in [4.69, 9.17) is 10.4 Å². The highest BCUT2D eigenvalue weighted by molar-refractivity contribution is 6.12. The van der Waals surface area contributed by atoms with Crippen molar-refractivity contribution in [3.8, 4) is 0 Å². The Kier molecular flexibility index (Phi) is 1.71. The van der Waals surface area contributed by atoms with Crippen LogP contribution in [0.5, 0.6) is 0 Å². The number of allylic oxidation sites excluding steroid dienone is 4. The van der Waals surface area contributed by atoms with Gasteiger partial charge in [0.2, 0.25) is 0 Å². The Bertz CT molecular complexity index is 373. The van der Waals surface area contributed by atoms with Gasteiger partial charge in [0, 0.05) is 11.8 Å². The van der Waals surface area contributed by atoms with Crippen molar-refractivity contribution in [1.82, 2.24) is 0 Å². The lowest BCUT2D eigenvalue weighted by molar-refractivity contribution is 0.304. The van der Waals surface area contributed by atoms with Crippen LogP contribution in [0.25, 0.3) is 0 Å². The third-order valence-electron chi connectivity index (χ3n) is 3.80. The van der Waals surface area contributed by atoms with Crippen LogP contribution in [0.1, 0.15) is 6.42 Å². The Hall–Kier alpha value is -1.58. The topological polar surface area (TPSA) is 65.2 Å². The van der Waals surface area contributed by atoms with Gasteiger partial charge in [-0.25, -0.2) is 0 Å². The highest BCUT2D eigenvalue weighted by Gasteiger charge is 2.49. The second-order valence-corrected chi connectivity index (χ2v) is 4.38. The Balaban J connectivity index is 2.09. The van der Waals surface area contributed by atoms with Gasteiger partial charge in [0.05, 0.1) is 11.4 Å². The number of nitrogens with zero attached hydrogens (tertiary/aromatic N) is 2. The van der Waals surface area contributed by atoms with Crippen LogP contribution in [0.2, 0.25) is 0 Å². The van der Waals surface area contributed by atoms with E-state index in [1.807, 2.05) is 0 Å². The fourth-order valence-corrected chi connectivity index (χ4v) is 3.22. The van der Waals surface area contributed by atoms with E-state index in [-0.39, 0.29) is 11.8 Å². The van der Waals surface area contributed by atoms with Gasteiger partial charge in [0.25, 0.3) is 0 Å². The molecule has 4 heteroatoms. The van der Waals surface area contributed by atoms with Crippen LogP contribution in [0, 0.1) is 23.7 Å². The molecule has 3 aliphatic carbocycles. The van der Waals surface area contributed by atoms with E-state index in [1.165, 1.54) is 0 Å². The molecule has 2 bridgehead atoms. The summed E-state index contributed by atoms with van der Waals surface area (Å²) in [6.45, 7) is 0. The largest absolute Gasteiger partial charge is 0.411 e. The van der Waals surface area contributed by atoms with Gasteiger partial charge in [-0.15, -0.1) is 0 Å². The van der Waals surface area contributed by atoms with Crippen molar-refractivity contribution < 1.29 is 10.4 Å². The maximum absolute atomic E-state index is 8.94. The van der Waals surface area contributed by atoms with Gasteiger partial charge in [-0.3, -0.25) is 0 Å². The third-order valence-corrected chi connectivity index (χ3v) is 3.80. The monoisotopic (exact) mass is 204 g/mol. The summed E-state index contributed by atoms with van der Waals surface area (Å²) >= 11 is 0. The minimum Gasteiger partial charge on any atom is -0.411 e. The van der Waals surface area contributed by atoms with Crippen LogP contribution in [-0.4, -0.2) is 21.8 Å². The molecular weight excluding hydrogens is 192 g/mol. The molecule has 0 radical (unpaired) electrons. The number of hydrogen-bond donors (Lipinski definition) is 2. The fourth-order valence-electron chi connectivity index (χ4n) is 3.22. The quantitative estimate of drug-likeness (QED) is 0.358. The molecule has 15 heavy (non-hydrogen) atoms. The highest BCUT2D eigenvalue weighted by Crippen LogP contribution is 2.50. The van der Waals surface area contributed by atoms with E-state index in [0.717, 1.165) is 6.42 Å². The predicted octanol–water partition coefficient (Wildman–Crippen LogP) is 1.65. The summed E-state index contributed by atoms with van der Waals surface area (Å²) in [5, 5.41) is 24.5. The fraction of sp³-hybridized carbons (Fsp3) is 0.455. The zero-order chi connectivity index (χ0) is 10.4. The lowest BCUT2D eigenvalue weighted by atomic mass is 9.74. The van der Waals surface area contributed by atoms with Crippen molar-refractivity contribution in [2.45, 2.75) is 6.42 Å². The smallest absolute Gasteiger partial charge is 0.0840 e. The van der Waals surface area contributed by atoms with E-state index < -0.39 is 0 Å². The Labute approximate surface area is 87.3 Å². The summed E-state index contributed by atoms with van der Waals surface area (Å²) in [7, 11) is 0. The molecule has 4 nitrogen and oxygen atoms in total. The Morgan fingerprint density at radius 3 is 1.80 bits per heavy atom. The molecule has 4 atom stereocenters. The Morgan fingerprint density at radius 2 is 1.40 bits per heavy atom. The van der Waals surface area contributed by atoms with Gasteiger partial charge < -0.3 is 10.4 Å². The van der Waals surface area contributed by atoms with E-state index >= 15 is 0 Å². The minimum atomic E-state index is 0.195. The van der Waals surface area contributed by atoms with Crippen LogP contribution in [0.4, 0.5) is 0 Å². The summed E-state index contributed by atoms with van der Waals surface area (Å²) in [5.41, 5.74) is 1.42. The van der Waals surface area contributed by atoms with Crippen LogP contribution in [-0.2, 0) is 0 Å². The predicted molar refractivity (Wildman–Crippen MR) is 55.3 cm³/mol. The van der Waals surface area contributed by atoms with Crippen LogP contribution >= 0.6 is 0 Å². The molecule has 0 aromatic rings. The lowest BCUT2D eigenvalue weighted by Crippen LogP contribution is -2.35. The second-order valence-electron chi connectivity index (χ2n) is 4.38. The molecule has 0 aromatic heterocycles. The van der Waals surface area contributed by atoms with Crippen LogP contribution in [0.3, 0.4) is 0 Å². The number of oxime groups is 2. The molecule has 0 spiro atoms. The summed E-state index contributed by atoms with van der Waals surface area (Å²) < 4.78 is 0. The molecule has 1 saturated carbocycles. The maximum Gasteiger partial charge on any atom is 0.0840 e. The third kappa shape index (κ3) is 1.02. The molecule has 0 aliphatic heterocycles.